The summed E-state index contributed by atoms with van der Waals surface area (Å²) in [6, 6.07) is 4.48. The number of amides is 1. The number of hydrogen-bond donors (Lipinski definition) is 2. The van der Waals surface area contributed by atoms with Crippen LogP contribution in [0.3, 0.4) is 0 Å². The molecule has 0 aliphatic heterocycles. The predicted octanol–water partition coefficient (Wildman–Crippen LogP) is 3.12. The summed E-state index contributed by atoms with van der Waals surface area (Å²) in [5, 5.41) is 3.85. The zero-order chi connectivity index (χ0) is 16.9. The first-order valence-corrected chi connectivity index (χ1v) is 10.8. The van der Waals surface area contributed by atoms with Gasteiger partial charge < -0.3 is 5.32 Å². The van der Waals surface area contributed by atoms with Crippen LogP contribution >= 0.6 is 23.4 Å². The lowest BCUT2D eigenvalue weighted by atomic mass is 10.2. The van der Waals surface area contributed by atoms with Crippen molar-refractivity contribution in [2.45, 2.75) is 30.9 Å². The molecule has 0 saturated heterocycles. The van der Waals surface area contributed by atoms with Gasteiger partial charge in [0.05, 0.1) is 16.8 Å². The highest BCUT2D eigenvalue weighted by Gasteiger charge is 2.16. The largest absolute Gasteiger partial charge is 0.351 e. The normalized spacial score (nSPS) is 15.6. The molecule has 8 heteroatoms. The van der Waals surface area contributed by atoms with Crippen molar-refractivity contribution in [3.63, 3.8) is 0 Å². The maximum absolute atomic E-state index is 12.2. The standard InChI is InChI=1S/C15H21ClN2O3S2/c1-23(20,21)18-11-6-7-14(16)13(10-11)15(19)17-8-9-22-12-4-2-3-5-12/h6-7,10,12,18H,2-5,8-9H2,1H3,(H,17,19). The summed E-state index contributed by atoms with van der Waals surface area (Å²) in [5.41, 5.74) is 0.591. The van der Waals surface area contributed by atoms with E-state index in [1.165, 1.54) is 43.9 Å². The van der Waals surface area contributed by atoms with Gasteiger partial charge in [-0.2, -0.15) is 11.8 Å². The molecule has 0 radical (unpaired) electrons. The lowest BCUT2D eigenvalue weighted by Gasteiger charge is -2.11. The van der Waals surface area contributed by atoms with Gasteiger partial charge in [-0.05, 0) is 31.0 Å². The lowest BCUT2D eigenvalue weighted by molar-refractivity contribution is 0.0956. The van der Waals surface area contributed by atoms with Crippen LogP contribution in [0.2, 0.25) is 5.02 Å². The molecule has 0 aromatic heterocycles. The lowest BCUT2D eigenvalue weighted by Crippen LogP contribution is -2.26. The van der Waals surface area contributed by atoms with E-state index in [-0.39, 0.29) is 11.5 Å². The second kappa shape index (κ2) is 8.26. The first kappa shape index (κ1) is 18.4. The summed E-state index contributed by atoms with van der Waals surface area (Å²) in [5.74, 6) is 0.578. The summed E-state index contributed by atoms with van der Waals surface area (Å²) >= 11 is 7.93. The van der Waals surface area contributed by atoms with Gasteiger partial charge in [0.2, 0.25) is 10.0 Å². The maximum Gasteiger partial charge on any atom is 0.252 e. The molecule has 1 fully saturated rings. The minimum Gasteiger partial charge on any atom is -0.351 e. The van der Waals surface area contributed by atoms with Crippen LogP contribution in [-0.2, 0) is 10.0 Å². The number of carbonyl (C=O) groups is 1. The Morgan fingerprint density at radius 1 is 1.35 bits per heavy atom. The Bertz CT molecular complexity index is 659. The first-order chi connectivity index (χ1) is 10.8. The number of nitrogens with one attached hydrogen (secondary N) is 2. The molecule has 23 heavy (non-hydrogen) atoms. The average molecular weight is 377 g/mol. The fourth-order valence-corrected chi connectivity index (χ4v) is 4.50. The Labute approximate surface area is 146 Å². The van der Waals surface area contributed by atoms with Gasteiger partial charge in [0.15, 0.2) is 0 Å². The molecule has 2 rings (SSSR count). The highest BCUT2D eigenvalue weighted by Crippen LogP contribution is 2.29. The van der Waals surface area contributed by atoms with Gasteiger partial charge in [0.25, 0.3) is 5.91 Å². The number of hydrogen-bond acceptors (Lipinski definition) is 4. The van der Waals surface area contributed by atoms with Crippen LogP contribution < -0.4 is 10.0 Å². The van der Waals surface area contributed by atoms with Gasteiger partial charge in [-0.25, -0.2) is 8.42 Å². The Morgan fingerprint density at radius 3 is 2.70 bits per heavy atom. The molecule has 5 nitrogen and oxygen atoms in total. The summed E-state index contributed by atoms with van der Waals surface area (Å²) in [4.78, 5) is 12.2. The molecular formula is C15H21ClN2O3S2. The van der Waals surface area contributed by atoms with E-state index in [0.29, 0.717) is 17.3 Å². The molecule has 0 atom stereocenters. The predicted molar refractivity (Wildman–Crippen MR) is 97.0 cm³/mol. The molecule has 1 aromatic carbocycles. The fraction of sp³-hybridized carbons (Fsp3) is 0.533. The van der Waals surface area contributed by atoms with E-state index >= 15 is 0 Å². The molecular weight excluding hydrogens is 356 g/mol. The van der Waals surface area contributed by atoms with E-state index in [2.05, 4.69) is 10.0 Å². The zero-order valence-corrected chi connectivity index (χ0v) is 15.4. The van der Waals surface area contributed by atoms with Crippen molar-refractivity contribution >= 4 is 45.0 Å². The van der Waals surface area contributed by atoms with Crippen LogP contribution in [0, 0.1) is 0 Å². The molecule has 0 spiro atoms. The van der Waals surface area contributed by atoms with Crippen LogP contribution in [0.5, 0.6) is 0 Å². The minimum absolute atomic E-state index is 0.270. The second-order valence-corrected chi connectivity index (χ2v) is 9.17. The van der Waals surface area contributed by atoms with Gasteiger partial charge in [-0.1, -0.05) is 24.4 Å². The van der Waals surface area contributed by atoms with Gasteiger partial charge in [-0.15, -0.1) is 0 Å². The number of anilines is 1. The van der Waals surface area contributed by atoms with E-state index in [1.54, 1.807) is 0 Å². The van der Waals surface area contributed by atoms with E-state index in [4.69, 9.17) is 11.6 Å². The topological polar surface area (TPSA) is 75.3 Å². The Hall–Kier alpha value is -0.920. The van der Waals surface area contributed by atoms with Gasteiger partial charge in [0.1, 0.15) is 0 Å². The molecule has 1 saturated carbocycles. The van der Waals surface area contributed by atoms with E-state index in [1.807, 2.05) is 11.8 Å². The van der Waals surface area contributed by atoms with Crippen molar-refractivity contribution in [2.24, 2.45) is 0 Å². The maximum atomic E-state index is 12.2. The van der Waals surface area contributed by atoms with Gasteiger partial charge in [-0.3, -0.25) is 9.52 Å². The van der Waals surface area contributed by atoms with Crippen molar-refractivity contribution < 1.29 is 13.2 Å². The number of carbonyl (C=O) groups excluding carboxylic acids is 1. The van der Waals surface area contributed by atoms with E-state index < -0.39 is 10.0 Å². The number of rotatable bonds is 7. The number of benzene rings is 1. The minimum atomic E-state index is -3.39. The van der Waals surface area contributed by atoms with Gasteiger partial charge >= 0.3 is 0 Å². The molecule has 0 heterocycles. The molecule has 0 bridgehead atoms. The monoisotopic (exact) mass is 376 g/mol. The number of thioether (sulfide) groups is 1. The van der Waals surface area contributed by atoms with Crippen molar-refractivity contribution in [1.82, 2.24) is 5.32 Å². The third-order valence-corrected chi connectivity index (χ3v) is 5.88. The molecule has 1 aliphatic rings. The molecule has 1 aromatic rings. The summed E-state index contributed by atoms with van der Waals surface area (Å²) in [6.45, 7) is 0.570. The molecule has 1 aliphatic carbocycles. The second-order valence-electron chi connectivity index (χ2n) is 5.60. The van der Waals surface area contributed by atoms with Crippen molar-refractivity contribution in [3.8, 4) is 0 Å². The SMILES string of the molecule is CS(=O)(=O)Nc1ccc(Cl)c(C(=O)NCCSC2CCCC2)c1. The van der Waals surface area contributed by atoms with Crippen LogP contribution in [0.25, 0.3) is 0 Å². The number of sulfonamides is 1. The van der Waals surface area contributed by atoms with Crippen LogP contribution in [0.4, 0.5) is 5.69 Å². The first-order valence-electron chi connectivity index (χ1n) is 7.52. The van der Waals surface area contributed by atoms with Gasteiger partial charge in [0, 0.05) is 23.2 Å². The third kappa shape index (κ3) is 6.24. The molecule has 128 valence electrons. The third-order valence-electron chi connectivity index (χ3n) is 3.56. The van der Waals surface area contributed by atoms with Crippen molar-refractivity contribution in [3.05, 3.63) is 28.8 Å². The summed E-state index contributed by atoms with van der Waals surface area (Å²) < 4.78 is 24.8. The van der Waals surface area contributed by atoms with Crippen LogP contribution in [0.1, 0.15) is 36.0 Å². The molecule has 2 N–H and O–H groups in total. The Kier molecular flexibility index (Phi) is 6.61. The quantitative estimate of drug-likeness (QED) is 0.717. The fourth-order valence-electron chi connectivity index (χ4n) is 2.52. The Morgan fingerprint density at radius 2 is 2.04 bits per heavy atom. The highest BCUT2D eigenvalue weighted by atomic mass is 35.5. The molecule has 0 unspecified atom stereocenters. The highest BCUT2D eigenvalue weighted by molar-refractivity contribution is 7.99. The van der Waals surface area contributed by atoms with Crippen LogP contribution in [-0.4, -0.2) is 38.1 Å². The van der Waals surface area contributed by atoms with Crippen molar-refractivity contribution in [1.29, 1.82) is 0 Å². The summed E-state index contributed by atoms with van der Waals surface area (Å²) in [6.07, 6.45) is 6.20. The zero-order valence-electron chi connectivity index (χ0n) is 13.0. The number of halogens is 1. The summed E-state index contributed by atoms with van der Waals surface area (Å²) in [7, 11) is -3.39. The van der Waals surface area contributed by atoms with E-state index in [0.717, 1.165) is 17.3 Å². The Balaban J connectivity index is 1.88. The van der Waals surface area contributed by atoms with Crippen molar-refractivity contribution in [2.75, 3.05) is 23.3 Å². The molecule has 1 amide bonds. The average Bonchev–Trinajstić information content (AvgIpc) is 2.97. The van der Waals surface area contributed by atoms with Crippen LogP contribution in [0.15, 0.2) is 18.2 Å². The smallest absolute Gasteiger partial charge is 0.252 e. The van der Waals surface area contributed by atoms with E-state index in [9.17, 15) is 13.2 Å².